The van der Waals surface area contributed by atoms with Crippen LogP contribution in [0.25, 0.3) is 10.8 Å². The number of aromatic hydroxyl groups is 3. The fraction of sp³-hybridized carbons (Fsp3) is 0. The largest absolute Gasteiger partial charge is 1.00 e. The molecule has 0 aromatic heterocycles. The molecule has 3 rings (SSSR count). The summed E-state index contributed by atoms with van der Waals surface area (Å²) in [6, 6.07) is 5.50. The SMILES string of the molecule is O=S(=O)([O-])c1cc(O)c2c(O)c(N=Nc3cc(Cl)ccc3O)c(S(=O)(=O)[O-])cc2c1.[K+].[Na+]. The van der Waals surface area contributed by atoms with Gasteiger partial charge < -0.3 is 24.4 Å². The zero-order valence-corrected chi connectivity index (χ0v) is 23.9. The van der Waals surface area contributed by atoms with E-state index in [1.54, 1.807) is 0 Å². The second-order valence-corrected chi connectivity index (χ2v) is 9.02. The van der Waals surface area contributed by atoms with Crippen LogP contribution in [0.1, 0.15) is 0 Å². The van der Waals surface area contributed by atoms with Gasteiger partial charge in [0.1, 0.15) is 43.1 Å². The van der Waals surface area contributed by atoms with Crippen molar-refractivity contribution in [3.05, 3.63) is 41.4 Å². The van der Waals surface area contributed by atoms with Crippen molar-refractivity contribution in [1.82, 2.24) is 0 Å². The molecular weight excluding hydrogens is 526 g/mol. The number of azo groups is 1. The van der Waals surface area contributed by atoms with Crippen LogP contribution < -0.4 is 80.9 Å². The molecule has 0 bridgehead atoms. The van der Waals surface area contributed by atoms with Crippen molar-refractivity contribution in [2.24, 2.45) is 10.2 Å². The molecule has 3 aromatic rings. The zero-order chi connectivity index (χ0) is 22.4. The molecular formula is C16H9ClKN2NaO9S2. The van der Waals surface area contributed by atoms with Gasteiger partial charge in [-0.2, -0.15) is 0 Å². The predicted molar refractivity (Wildman–Crippen MR) is 100 cm³/mol. The molecule has 0 aliphatic carbocycles. The number of nitrogens with zero attached hydrogens (tertiary/aromatic N) is 2. The van der Waals surface area contributed by atoms with E-state index in [2.05, 4.69) is 10.2 Å². The summed E-state index contributed by atoms with van der Waals surface area (Å²) in [6.45, 7) is 0. The molecule has 11 nitrogen and oxygen atoms in total. The van der Waals surface area contributed by atoms with Crippen LogP contribution in [0, 0.1) is 0 Å². The Labute approximate surface area is 251 Å². The summed E-state index contributed by atoms with van der Waals surface area (Å²) in [7, 11) is -10.3. The topological polar surface area (TPSA) is 200 Å². The van der Waals surface area contributed by atoms with Crippen LogP contribution in [-0.4, -0.2) is 41.3 Å². The van der Waals surface area contributed by atoms with Crippen molar-refractivity contribution in [3.8, 4) is 17.2 Å². The Kier molecular flexibility index (Phi) is 10.2. The van der Waals surface area contributed by atoms with Crippen molar-refractivity contribution in [2.75, 3.05) is 0 Å². The number of hydrogen-bond acceptors (Lipinski definition) is 11. The molecule has 0 aliphatic rings. The molecule has 0 amide bonds. The molecule has 0 fully saturated rings. The number of rotatable bonds is 4. The number of fused-ring (bicyclic) bond motifs is 1. The Bertz CT molecular complexity index is 1450. The maximum Gasteiger partial charge on any atom is 1.00 e. The fourth-order valence-corrected chi connectivity index (χ4v) is 3.89. The Hall–Kier alpha value is -0.334. The number of hydrogen-bond donors (Lipinski definition) is 3. The van der Waals surface area contributed by atoms with Gasteiger partial charge in [-0.15, -0.1) is 10.2 Å². The Morgan fingerprint density at radius 2 is 1.47 bits per heavy atom. The number of phenolic OH excluding ortho intramolecular Hbond substituents is 3. The van der Waals surface area contributed by atoms with E-state index in [0.29, 0.717) is 18.2 Å². The van der Waals surface area contributed by atoms with Crippen molar-refractivity contribution in [1.29, 1.82) is 0 Å². The Morgan fingerprint density at radius 1 is 0.844 bits per heavy atom. The molecule has 3 aromatic carbocycles. The maximum atomic E-state index is 11.7. The van der Waals surface area contributed by atoms with Crippen molar-refractivity contribution < 1.29 is 122 Å². The second kappa shape index (κ2) is 10.9. The Morgan fingerprint density at radius 3 is 2.03 bits per heavy atom. The van der Waals surface area contributed by atoms with Crippen LogP contribution in [0.5, 0.6) is 17.2 Å². The molecule has 32 heavy (non-hydrogen) atoms. The average molecular weight is 535 g/mol. The van der Waals surface area contributed by atoms with Gasteiger partial charge >= 0.3 is 80.9 Å². The summed E-state index contributed by atoms with van der Waals surface area (Å²) >= 11 is 5.77. The molecule has 0 saturated carbocycles. The number of phenols is 3. The molecule has 0 spiro atoms. The van der Waals surface area contributed by atoms with Crippen LogP contribution in [0.3, 0.4) is 0 Å². The summed E-state index contributed by atoms with van der Waals surface area (Å²) in [5.41, 5.74) is -1.11. The third kappa shape index (κ3) is 6.41. The van der Waals surface area contributed by atoms with E-state index in [1.165, 1.54) is 12.1 Å². The summed E-state index contributed by atoms with van der Waals surface area (Å²) in [4.78, 5) is -2.03. The third-order valence-electron chi connectivity index (χ3n) is 3.86. The van der Waals surface area contributed by atoms with Gasteiger partial charge in [0.15, 0.2) is 5.75 Å². The monoisotopic (exact) mass is 534 g/mol. The van der Waals surface area contributed by atoms with E-state index in [1.807, 2.05) is 0 Å². The van der Waals surface area contributed by atoms with Crippen LogP contribution in [0.4, 0.5) is 11.4 Å². The third-order valence-corrected chi connectivity index (χ3v) is 5.75. The molecule has 0 unspecified atom stereocenters. The summed E-state index contributed by atoms with van der Waals surface area (Å²) in [5.74, 6) is -2.32. The van der Waals surface area contributed by atoms with Gasteiger partial charge in [-0.3, -0.25) is 0 Å². The van der Waals surface area contributed by atoms with Gasteiger partial charge in [0.2, 0.25) is 0 Å². The number of benzene rings is 3. The van der Waals surface area contributed by atoms with Gasteiger partial charge in [0.25, 0.3) is 0 Å². The van der Waals surface area contributed by atoms with Gasteiger partial charge in [-0.05, 0) is 41.8 Å². The maximum absolute atomic E-state index is 11.7. The van der Waals surface area contributed by atoms with Crippen molar-refractivity contribution >= 4 is 54.0 Å². The van der Waals surface area contributed by atoms with Crippen molar-refractivity contribution in [3.63, 3.8) is 0 Å². The van der Waals surface area contributed by atoms with Crippen LogP contribution in [0.15, 0.2) is 56.4 Å². The summed E-state index contributed by atoms with van der Waals surface area (Å²) < 4.78 is 68.6. The minimum atomic E-state index is -5.29. The summed E-state index contributed by atoms with van der Waals surface area (Å²) in [6.07, 6.45) is 0. The molecule has 0 atom stereocenters. The smallest absolute Gasteiger partial charge is 0.744 e. The molecule has 0 radical (unpaired) electrons. The molecule has 0 aliphatic heterocycles. The molecule has 158 valence electrons. The van der Waals surface area contributed by atoms with E-state index < -0.39 is 63.7 Å². The fourth-order valence-electron chi connectivity index (χ4n) is 2.55. The standard InChI is InChI=1S/C16H11ClN2O9S2.K.Na/c17-8-1-2-11(20)10(5-8)18-19-15-13(30(26,27)28)4-7-3-9(29(23,24)25)6-12(21)14(7)16(15)22;;/h1-6,20-22H,(H,23,24,25)(H,26,27,28);;/q;2*+1/p-2. The second-order valence-electron chi connectivity index (χ2n) is 5.85. The average Bonchev–Trinajstić information content (AvgIpc) is 2.61. The normalized spacial score (nSPS) is 11.8. The van der Waals surface area contributed by atoms with Gasteiger partial charge in [0, 0.05) is 5.02 Å². The van der Waals surface area contributed by atoms with Gasteiger partial charge in [-0.25, -0.2) is 16.8 Å². The number of halogens is 1. The van der Waals surface area contributed by atoms with Crippen LogP contribution in [-0.2, 0) is 20.2 Å². The van der Waals surface area contributed by atoms with E-state index >= 15 is 0 Å². The molecule has 16 heteroatoms. The first-order valence-corrected chi connectivity index (χ1v) is 10.8. The first kappa shape index (κ1) is 29.7. The predicted octanol–water partition coefficient (Wildman–Crippen LogP) is -3.16. The van der Waals surface area contributed by atoms with Gasteiger partial charge in [0.05, 0.1) is 15.2 Å². The molecule has 0 heterocycles. The van der Waals surface area contributed by atoms with Crippen LogP contribution >= 0.6 is 11.6 Å². The first-order valence-electron chi connectivity index (χ1n) is 7.64. The Balaban J connectivity index is 0.00000256. The van der Waals surface area contributed by atoms with E-state index in [-0.39, 0.29) is 91.7 Å². The zero-order valence-electron chi connectivity index (χ0n) is 16.3. The van der Waals surface area contributed by atoms with Crippen molar-refractivity contribution in [2.45, 2.75) is 9.79 Å². The van der Waals surface area contributed by atoms with Gasteiger partial charge in [-0.1, -0.05) is 11.6 Å². The minimum Gasteiger partial charge on any atom is -0.744 e. The molecule has 3 N–H and O–H groups in total. The molecule has 0 saturated heterocycles. The first-order chi connectivity index (χ1) is 13.8. The quantitative estimate of drug-likeness (QED) is 0.175. The van der Waals surface area contributed by atoms with E-state index in [9.17, 15) is 41.3 Å². The van der Waals surface area contributed by atoms with E-state index in [4.69, 9.17) is 11.6 Å². The summed E-state index contributed by atoms with van der Waals surface area (Å²) in [5, 5.41) is 36.5. The minimum absolute atomic E-state index is 0. The van der Waals surface area contributed by atoms with Crippen LogP contribution in [0.2, 0.25) is 5.02 Å². The van der Waals surface area contributed by atoms with E-state index in [0.717, 1.165) is 6.07 Å².